The lowest BCUT2D eigenvalue weighted by Crippen LogP contribution is -2.37. The minimum absolute atomic E-state index is 0.0798. The molecule has 0 saturated heterocycles. The lowest BCUT2D eigenvalue weighted by Gasteiger charge is -2.27. The fourth-order valence-corrected chi connectivity index (χ4v) is 2.47. The quantitative estimate of drug-likeness (QED) is 0.116. The van der Waals surface area contributed by atoms with Crippen molar-refractivity contribution < 1.29 is 51.4 Å². The van der Waals surface area contributed by atoms with Crippen molar-refractivity contribution in [3.63, 3.8) is 0 Å². The molecular formula is C18H40NO10P. The van der Waals surface area contributed by atoms with E-state index in [1.165, 1.54) is 0 Å². The molecule has 0 aromatic carbocycles. The Bertz CT molecular complexity index is 422. The second kappa shape index (κ2) is 19.5. The number of nitrogens with zero attached hydrogens (tertiary/aromatic N) is 1. The van der Waals surface area contributed by atoms with Crippen LogP contribution in [0.4, 0.5) is 0 Å². The maximum Gasteiger partial charge on any atom is 0.268 e. The molecule has 0 heterocycles. The highest BCUT2D eigenvalue weighted by atomic mass is 31.2. The number of hydrogen-bond acceptors (Lipinski definition) is 10. The van der Waals surface area contributed by atoms with E-state index < -0.39 is 7.82 Å². The minimum Gasteiger partial charge on any atom is -0.756 e. The van der Waals surface area contributed by atoms with Crippen LogP contribution in [0, 0.1) is 0 Å². The molecule has 0 saturated carbocycles. The largest absolute Gasteiger partial charge is 0.756 e. The first kappa shape index (κ1) is 29.8. The summed E-state index contributed by atoms with van der Waals surface area (Å²) in [4.78, 5) is 11.6. The molecule has 1 unspecified atom stereocenters. The molecule has 182 valence electrons. The van der Waals surface area contributed by atoms with E-state index in [-0.39, 0.29) is 19.8 Å². The van der Waals surface area contributed by atoms with Crippen LogP contribution in [0.5, 0.6) is 0 Å². The first-order valence-corrected chi connectivity index (χ1v) is 11.5. The maximum absolute atomic E-state index is 11.6. The van der Waals surface area contributed by atoms with Crippen molar-refractivity contribution in [2.24, 2.45) is 0 Å². The average molecular weight is 461 g/mol. The average Bonchev–Trinajstić information content (AvgIpc) is 2.65. The first-order chi connectivity index (χ1) is 14.3. The number of likely N-dealkylation sites (N-methyl/N-ethyl adjacent to an activating group) is 1. The summed E-state index contributed by atoms with van der Waals surface area (Å²) in [5.41, 5.74) is 0. The van der Waals surface area contributed by atoms with E-state index in [1.54, 1.807) is 7.11 Å². The molecule has 0 aliphatic heterocycles. The molecular weight excluding hydrogens is 421 g/mol. The van der Waals surface area contributed by atoms with Gasteiger partial charge in [0.05, 0.1) is 100 Å². The molecule has 0 aromatic rings. The molecule has 0 amide bonds. The van der Waals surface area contributed by atoms with Crippen LogP contribution in [-0.2, 0) is 42.0 Å². The molecule has 30 heavy (non-hydrogen) atoms. The zero-order chi connectivity index (χ0) is 22.6. The van der Waals surface area contributed by atoms with Gasteiger partial charge in [-0.2, -0.15) is 0 Å². The number of rotatable bonds is 23. The molecule has 0 spiro atoms. The van der Waals surface area contributed by atoms with Crippen molar-refractivity contribution >= 4 is 7.82 Å². The Balaban J connectivity index is 3.26. The Morgan fingerprint density at radius 3 is 1.30 bits per heavy atom. The first-order valence-electron chi connectivity index (χ1n) is 10.0. The lowest BCUT2D eigenvalue weighted by molar-refractivity contribution is -0.870. The Morgan fingerprint density at radius 2 is 0.933 bits per heavy atom. The third-order valence-corrected chi connectivity index (χ3v) is 4.41. The molecule has 0 rings (SSSR count). The number of ether oxygens (including phenoxy) is 6. The van der Waals surface area contributed by atoms with E-state index in [0.717, 1.165) is 0 Å². The molecule has 1 atom stereocenters. The van der Waals surface area contributed by atoms with Crippen molar-refractivity contribution in [1.29, 1.82) is 0 Å². The van der Waals surface area contributed by atoms with Crippen molar-refractivity contribution in [3.05, 3.63) is 0 Å². The Labute approximate surface area is 180 Å². The van der Waals surface area contributed by atoms with Crippen LogP contribution in [0.1, 0.15) is 0 Å². The van der Waals surface area contributed by atoms with Gasteiger partial charge < -0.3 is 46.8 Å². The summed E-state index contributed by atoms with van der Waals surface area (Å²) in [7, 11) is 3.18. The van der Waals surface area contributed by atoms with E-state index in [1.807, 2.05) is 21.1 Å². The van der Waals surface area contributed by atoms with E-state index in [2.05, 4.69) is 0 Å². The Morgan fingerprint density at radius 1 is 0.600 bits per heavy atom. The van der Waals surface area contributed by atoms with Gasteiger partial charge in [0.2, 0.25) is 0 Å². The standard InChI is InChI=1S/C18H40NO10P/c1-19(2,3)5-6-28-30(20,21)29-18-17-27-16-15-26-14-13-25-12-11-24-10-9-23-8-7-22-4/h5-18H2,1-4H3. The fourth-order valence-electron chi connectivity index (χ4n) is 1.80. The molecule has 12 heteroatoms. The predicted octanol–water partition coefficient (Wildman–Crippen LogP) is -0.0764. The maximum atomic E-state index is 11.6. The molecule has 0 aliphatic rings. The van der Waals surface area contributed by atoms with Gasteiger partial charge in [0.25, 0.3) is 7.82 Å². The molecule has 0 radical (unpaired) electrons. The smallest absolute Gasteiger partial charge is 0.268 e. The molecule has 0 N–H and O–H groups in total. The normalized spacial score (nSPS) is 14.2. The number of phosphoric ester groups is 1. The van der Waals surface area contributed by atoms with Gasteiger partial charge in [0.15, 0.2) is 0 Å². The zero-order valence-electron chi connectivity index (χ0n) is 18.9. The SMILES string of the molecule is COCCOCCOCCOCCOCCOCCOP(=O)([O-])OCC[N+](C)(C)C. The van der Waals surface area contributed by atoms with E-state index >= 15 is 0 Å². The Hall–Kier alpha value is -0.170. The van der Waals surface area contributed by atoms with Crippen LogP contribution in [0.3, 0.4) is 0 Å². The van der Waals surface area contributed by atoms with Crippen molar-refractivity contribution in [2.45, 2.75) is 0 Å². The highest BCUT2D eigenvalue weighted by molar-refractivity contribution is 7.45. The number of hydrogen-bond donors (Lipinski definition) is 0. The van der Waals surface area contributed by atoms with Gasteiger partial charge in [-0.25, -0.2) is 0 Å². The molecule has 0 aromatic heterocycles. The summed E-state index contributed by atoms with van der Waals surface area (Å²) in [6.45, 7) is 5.49. The second-order valence-corrected chi connectivity index (χ2v) is 8.59. The van der Waals surface area contributed by atoms with Crippen molar-refractivity contribution in [2.75, 3.05) is 121 Å². The van der Waals surface area contributed by atoms with Crippen LogP contribution in [0.15, 0.2) is 0 Å². The second-order valence-electron chi connectivity index (χ2n) is 7.18. The van der Waals surface area contributed by atoms with Gasteiger partial charge in [-0.3, -0.25) is 4.57 Å². The zero-order valence-corrected chi connectivity index (χ0v) is 19.8. The summed E-state index contributed by atoms with van der Waals surface area (Å²) < 4.78 is 53.1. The van der Waals surface area contributed by atoms with E-state index in [9.17, 15) is 9.46 Å². The van der Waals surface area contributed by atoms with Crippen LogP contribution >= 0.6 is 7.82 Å². The van der Waals surface area contributed by atoms with Gasteiger partial charge >= 0.3 is 0 Å². The van der Waals surface area contributed by atoms with Gasteiger partial charge in [0.1, 0.15) is 13.2 Å². The summed E-state index contributed by atoms with van der Waals surface area (Å²) >= 11 is 0. The summed E-state index contributed by atoms with van der Waals surface area (Å²) in [6.07, 6.45) is 0. The predicted molar refractivity (Wildman–Crippen MR) is 108 cm³/mol. The molecule has 0 aliphatic carbocycles. The third-order valence-electron chi connectivity index (χ3n) is 3.41. The van der Waals surface area contributed by atoms with E-state index in [0.29, 0.717) is 77.1 Å². The lowest BCUT2D eigenvalue weighted by atomic mass is 10.5. The summed E-state index contributed by atoms with van der Waals surface area (Å²) in [5.74, 6) is 0. The van der Waals surface area contributed by atoms with Crippen LogP contribution in [0.25, 0.3) is 0 Å². The van der Waals surface area contributed by atoms with Gasteiger partial charge in [-0.05, 0) is 0 Å². The van der Waals surface area contributed by atoms with Gasteiger partial charge in [0, 0.05) is 7.11 Å². The number of methoxy groups -OCH3 is 1. The summed E-state index contributed by atoms with van der Waals surface area (Å²) in [6, 6.07) is 0. The van der Waals surface area contributed by atoms with E-state index in [4.69, 9.17) is 37.5 Å². The fraction of sp³-hybridized carbons (Fsp3) is 1.00. The van der Waals surface area contributed by atoms with Crippen molar-refractivity contribution in [1.82, 2.24) is 0 Å². The molecule has 0 bridgehead atoms. The summed E-state index contributed by atoms with van der Waals surface area (Å²) in [5, 5.41) is 0. The van der Waals surface area contributed by atoms with Gasteiger partial charge in [-0.1, -0.05) is 0 Å². The third kappa shape index (κ3) is 24.1. The monoisotopic (exact) mass is 461 g/mol. The van der Waals surface area contributed by atoms with Gasteiger partial charge in [-0.15, -0.1) is 0 Å². The number of phosphoric acid groups is 1. The van der Waals surface area contributed by atoms with Crippen molar-refractivity contribution in [3.8, 4) is 0 Å². The highest BCUT2D eigenvalue weighted by Crippen LogP contribution is 2.37. The number of quaternary nitrogens is 1. The molecule has 0 fully saturated rings. The van der Waals surface area contributed by atoms with Crippen LogP contribution in [-0.4, -0.2) is 125 Å². The van der Waals surface area contributed by atoms with Crippen LogP contribution in [0.2, 0.25) is 0 Å². The van der Waals surface area contributed by atoms with Crippen LogP contribution < -0.4 is 4.89 Å². The highest BCUT2D eigenvalue weighted by Gasteiger charge is 2.13. The topological polar surface area (TPSA) is 114 Å². The minimum atomic E-state index is -4.28. The Kier molecular flexibility index (Phi) is 19.4. The molecule has 11 nitrogen and oxygen atoms in total.